The van der Waals surface area contributed by atoms with Crippen molar-refractivity contribution in [3.63, 3.8) is 0 Å². The monoisotopic (exact) mass is 217 g/mol. The first kappa shape index (κ1) is 11.0. The fourth-order valence-electron chi connectivity index (χ4n) is 1.84. The molecule has 1 aromatic heterocycles. The van der Waals surface area contributed by atoms with Gasteiger partial charge in [0, 0.05) is 32.0 Å². The summed E-state index contributed by atoms with van der Waals surface area (Å²) in [5, 5.41) is 4.48. The van der Waals surface area contributed by atoms with Gasteiger partial charge in [-0.05, 0) is 37.7 Å². The van der Waals surface area contributed by atoms with E-state index in [1.165, 1.54) is 10.9 Å². The Balaban J connectivity index is 2.30. The summed E-state index contributed by atoms with van der Waals surface area (Å²) in [5.74, 6) is 0. The first-order chi connectivity index (χ1) is 7.70. The number of aromatic nitrogens is 1. The van der Waals surface area contributed by atoms with Crippen LogP contribution in [-0.4, -0.2) is 37.2 Å². The van der Waals surface area contributed by atoms with Crippen LogP contribution in [0, 0.1) is 0 Å². The summed E-state index contributed by atoms with van der Waals surface area (Å²) in [5.41, 5.74) is 2.46. The van der Waals surface area contributed by atoms with Crippen LogP contribution in [0.1, 0.15) is 0 Å². The fourth-order valence-corrected chi connectivity index (χ4v) is 1.84. The van der Waals surface area contributed by atoms with Gasteiger partial charge in [-0.3, -0.25) is 0 Å². The molecule has 0 saturated carbocycles. The summed E-state index contributed by atoms with van der Waals surface area (Å²) in [6.07, 6.45) is 2.16. The first-order valence-electron chi connectivity index (χ1n) is 5.62. The third-order valence-electron chi connectivity index (χ3n) is 2.85. The molecule has 2 rings (SSSR count). The Kier molecular flexibility index (Phi) is 3.15. The average Bonchev–Trinajstić information content (AvgIpc) is 2.68. The van der Waals surface area contributed by atoms with E-state index in [2.05, 4.69) is 59.3 Å². The minimum Gasteiger partial charge on any atom is -0.388 e. The standard InChI is InChI=1S/C13H19N3/c1-14-12-5-4-11-6-7-16(13(11)10-12)9-8-15(2)3/h4-7,10,14H,8-9H2,1-3H3. The van der Waals surface area contributed by atoms with Crippen molar-refractivity contribution < 1.29 is 0 Å². The van der Waals surface area contributed by atoms with Crippen LogP contribution < -0.4 is 5.32 Å². The normalized spacial score (nSPS) is 11.2. The molecule has 86 valence electrons. The molecule has 0 aliphatic carbocycles. The number of fused-ring (bicyclic) bond motifs is 1. The number of rotatable bonds is 4. The third-order valence-corrected chi connectivity index (χ3v) is 2.85. The summed E-state index contributed by atoms with van der Waals surface area (Å²) in [4.78, 5) is 2.20. The zero-order chi connectivity index (χ0) is 11.5. The highest BCUT2D eigenvalue weighted by Crippen LogP contribution is 2.20. The molecular formula is C13H19N3. The van der Waals surface area contributed by atoms with Crippen LogP contribution in [0.4, 0.5) is 5.69 Å². The first-order valence-corrected chi connectivity index (χ1v) is 5.62. The maximum absolute atomic E-state index is 3.18. The van der Waals surface area contributed by atoms with Gasteiger partial charge in [0.05, 0.1) is 5.52 Å². The topological polar surface area (TPSA) is 20.2 Å². The van der Waals surface area contributed by atoms with E-state index in [-0.39, 0.29) is 0 Å². The summed E-state index contributed by atoms with van der Waals surface area (Å²) in [7, 11) is 6.16. The highest BCUT2D eigenvalue weighted by Gasteiger charge is 2.02. The van der Waals surface area contributed by atoms with E-state index in [9.17, 15) is 0 Å². The maximum atomic E-state index is 3.18. The summed E-state index contributed by atoms with van der Waals surface area (Å²) < 4.78 is 2.30. The molecule has 3 nitrogen and oxygen atoms in total. The number of hydrogen-bond acceptors (Lipinski definition) is 2. The van der Waals surface area contributed by atoms with E-state index < -0.39 is 0 Å². The molecule has 0 saturated heterocycles. The molecule has 0 aliphatic rings. The number of likely N-dealkylation sites (N-methyl/N-ethyl adjacent to an activating group) is 1. The predicted molar refractivity (Wildman–Crippen MR) is 70.0 cm³/mol. The van der Waals surface area contributed by atoms with Crippen molar-refractivity contribution in [2.45, 2.75) is 6.54 Å². The van der Waals surface area contributed by atoms with Gasteiger partial charge in [0.1, 0.15) is 0 Å². The van der Waals surface area contributed by atoms with Gasteiger partial charge >= 0.3 is 0 Å². The van der Waals surface area contributed by atoms with Crippen LogP contribution in [0.5, 0.6) is 0 Å². The molecule has 1 aromatic carbocycles. The molecule has 3 heteroatoms. The van der Waals surface area contributed by atoms with Crippen molar-refractivity contribution in [2.75, 3.05) is 33.0 Å². The van der Waals surface area contributed by atoms with Crippen LogP contribution in [-0.2, 0) is 6.54 Å². The molecule has 0 bridgehead atoms. The Bertz CT molecular complexity index is 471. The van der Waals surface area contributed by atoms with Crippen molar-refractivity contribution >= 4 is 16.6 Å². The highest BCUT2D eigenvalue weighted by molar-refractivity contribution is 5.83. The van der Waals surface area contributed by atoms with Crippen LogP contribution in [0.25, 0.3) is 10.9 Å². The van der Waals surface area contributed by atoms with Crippen LogP contribution in [0.2, 0.25) is 0 Å². The Morgan fingerprint density at radius 2 is 2.06 bits per heavy atom. The van der Waals surface area contributed by atoms with E-state index in [1.54, 1.807) is 0 Å². The predicted octanol–water partition coefficient (Wildman–Crippen LogP) is 2.24. The Morgan fingerprint density at radius 3 is 2.75 bits per heavy atom. The van der Waals surface area contributed by atoms with Gasteiger partial charge in [0.25, 0.3) is 0 Å². The molecule has 0 radical (unpaired) electrons. The molecule has 16 heavy (non-hydrogen) atoms. The van der Waals surface area contributed by atoms with Gasteiger partial charge < -0.3 is 14.8 Å². The molecule has 0 spiro atoms. The number of anilines is 1. The molecule has 1 heterocycles. The molecule has 0 aliphatic heterocycles. The second-order valence-corrected chi connectivity index (χ2v) is 4.34. The number of benzene rings is 1. The van der Waals surface area contributed by atoms with E-state index in [0.717, 1.165) is 18.8 Å². The minimum atomic E-state index is 1.03. The molecule has 0 unspecified atom stereocenters. The molecule has 0 amide bonds. The van der Waals surface area contributed by atoms with Crippen LogP contribution in [0.15, 0.2) is 30.5 Å². The fraction of sp³-hybridized carbons (Fsp3) is 0.385. The van der Waals surface area contributed by atoms with Gasteiger partial charge in [-0.1, -0.05) is 6.07 Å². The van der Waals surface area contributed by atoms with Crippen molar-refractivity contribution in [3.8, 4) is 0 Å². The number of hydrogen-bond donors (Lipinski definition) is 1. The van der Waals surface area contributed by atoms with E-state index in [1.807, 2.05) is 7.05 Å². The van der Waals surface area contributed by atoms with Gasteiger partial charge in [0.2, 0.25) is 0 Å². The van der Waals surface area contributed by atoms with Gasteiger partial charge in [-0.2, -0.15) is 0 Å². The lowest BCUT2D eigenvalue weighted by molar-refractivity contribution is 0.387. The SMILES string of the molecule is CNc1ccc2ccn(CCN(C)C)c2c1. The molecular weight excluding hydrogens is 198 g/mol. The lowest BCUT2D eigenvalue weighted by atomic mass is 10.2. The number of nitrogens with zero attached hydrogens (tertiary/aromatic N) is 2. The van der Waals surface area contributed by atoms with Crippen molar-refractivity contribution in [3.05, 3.63) is 30.5 Å². The second kappa shape index (κ2) is 4.58. The zero-order valence-electron chi connectivity index (χ0n) is 10.2. The van der Waals surface area contributed by atoms with Crippen LogP contribution >= 0.6 is 0 Å². The maximum Gasteiger partial charge on any atom is 0.0501 e. The Hall–Kier alpha value is -1.48. The molecule has 1 N–H and O–H groups in total. The lowest BCUT2D eigenvalue weighted by Gasteiger charge is -2.11. The molecule has 2 aromatic rings. The van der Waals surface area contributed by atoms with Crippen molar-refractivity contribution in [2.24, 2.45) is 0 Å². The van der Waals surface area contributed by atoms with Crippen LogP contribution in [0.3, 0.4) is 0 Å². The van der Waals surface area contributed by atoms with E-state index in [0.29, 0.717) is 0 Å². The number of nitrogens with one attached hydrogen (secondary N) is 1. The smallest absolute Gasteiger partial charge is 0.0501 e. The Morgan fingerprint density at radius 1 is 1.25 bits per heavy atom. The minimum absolute atomic E-state index is 1.03. The van der Waals surface area contributed by atoms with E-state index >= 15 is 0 Å². The van der Waals surface area contributed by atoms with Gasteiger partial charge in [-0.15, -0.1) is 0 Å². The molecule has 0 atom stereocenters. The lowest BCUT2D eigenvalue weighted by Crippen LogP contribution is -2.17. The average molecular weight is 217 g/mol. The summed E-state index contributed by atoms with van der Waals surface area (Å²) in [6.45, 7) is 2.09. The largest absolute Gasteiger partial charge is 0.388 e. The van der Waals surface area contributed by atoms with Gasteiger partial charge in [-0.25, -0.2) is 0 Å². The third kappa shape index (κ3) is 2.19. The zero-order valence-corrected chi connectivity index (χ0v) is 10.2. The van der Waals surface area contributed by atoms with Crippen molar-refractivity contribution in [1.82, 2.24) is 9.47 Å². The quantitative estimate of drug-likeness (QED) is 0.847. The van der Waals surface area contributed by atoms with E-state index in [4.69, 9.17) is 0 Å². The Labute approximate surface area is 96.7 Å². The highest BCUT2D eigenvalue weighted by atomic mass is 15.1. The van der Waals surface area contributed by atoms with Crippen molar-refractivity contribution in [1.29, 1.82) is 0 Å². The summed E-state index contributed by atoms with van der Waals surface area (Å²) >= 11 is 0. The second-order valence-electron chi connectivity index (χ2n) is 4.34. The molecule has 0 fully saturated rings. The van der Waals surface area contributed by atoms with Gasteiger partial charge in [0.15, 0.2) is 0 Å². The summed E-state index contributed by atoms with van der Waals surface area (Å²) in [6, 6.07) is 8.64.